The highest BCUT2D eigenvalue weighted by Crippen LogP contribution is 2.23. The zero-order valence-electron chi connectivity index (χ0n) is 7.69. The number of nitrogens with zero attached hydrogens (tertiary/aromatic N) is 3. The number of azide groups is 1. The molecule has 8 nitrogen and oxygen atoms in total. The van der Waals surface area contributed by atoms with E-state index in [0.29, 0.717) is 0 Å². The first-order valence-corrected chi connectivity index (χ1v) is 5.33. The van der Waals surface area contributed by atoms with Crippen molar-refractivity contribution in [3.63, 3.8) is 0 Å². The van der Waals surface area contributed by atoms with Crippen molar-refractivity contribution in [2.75, 3.05) is 0 Å². The van der Waals surface area contributed by atoms with Crippen LogP contribution in [0, 0.1) is 0 Å². The summed E-state index contributed by atoms with van der Waals surface area (Å²) in [7, 11) is -4.29. The molecule has 0 aliphatic heterocycles. The van der Waals surface area contributed by atoms with E-state index in [0.717, 1.165) is 6.07 Å². The molecular formula is C7H5N4O4S-. The highest BCUT2D eigenvalue weighted by Gasteiger charge is 2.16. The van der Waals surface area contributed by atoms with E-state index in [1.807, 2.05) is 0 Å². The second-order valence-electron chi connectivity index (χ2n) is 2.55. The molecule has 0 bridgehead atoms. The molecular weight excluding hydrogens is 236 g/mol. The number of nitrogens with one attached hydrogen (secondary N) is 1. The molecule has 1 aromatic carbocycles. The lowest BCUT2D eigenvalue weighted by atomic mass is 10.3. The molecule has 0 atom stereocenters. The van der Waals surface area contributed by atoms with Crippen LogP contribution in [0.4, 0.5) is 10.5 Å². The van der Waals surface area contributed by atoms with Crippen molar-refractivity contribution in [2.24, 2.45) is 5.11 Å². The molecule has 0 saturated carbocycles. The summed E-state index contributed by atoms with van der Waals surface area (Å²) >= 11 is 0. The standard InChI is InChI=1S/C7H6N4O4S/c8-11-9-5-3-1-2-4-6(5)16(14,15)10-7(12)13/h1-4,10H,(H,12,13)/p-1. The van der Waals surface area contributed by atoms with Crippen LogP contribution in [0.1, 0.15) is 0 Å². The van der Waals surface area contributed by atoms with E-state index in [4.69, 9.17) is 5.53 Å². The molecule has 0 aliphatic carbocycles. The van der Waals surface area contributed by atoms with Gasteiger partial charge < -0.3 is 9.90 Å². The second kappa shape index (κ2) is 4.51. The minimum atomic E-state index is -4.29. The Hall–Kier alpha value is -2.25. The third-order valence-corrected chi connectivity index (χ3v) is 2.88. The summed E-state index contributed by atoms with van der Waals surface area (Å²) < 4.78 is 24.1. The Kier molecular flexibility index (Phi) is 3.33. The number of hydrogen-bond donors (Lipinski definition) is 1. The molecule has 0 heterocycles. The first-order chi connectivity index (χ1) is 7.47. The molecule has 84 valence electrons. The SMILES string of the molecule is [N-]=[N+]=Nc1ccccc1S(=O)(=O)NC(=O)[O-]. The summed E-state index contributed by atoms with van der Waals surface area (Å²) in [6, 6.07) is 5.15. The Morgan fingerprint density at radius 3 is 2.62 bits per heavy atom. The number of carbonyl (C=O) groups is 1. The molecule has 1 aromatic rings. The Morgan fingerprint density at radius 1 is 1.44 bits per heavy atom. The van der Waals surface area contributed by atoms with Gasteiger partial charge >= 0.3 is 0 Å². The lowest BCUT2D eigenvalue weighted by Gasteiger charge is -2.09. The van der Waals surface area contributed by atoms with Crippen molar-refractivity contribution in [1.82, 2.24) is 4.72 Å². The Bertz CT molecular complexity index is 562. The van der Waals surface area contributed by atoms with Crippen molar-refractivity contribution in [3.05, 3.63) is 34.7 Å². The van der Waals surface area contributed by atoms with E-state index >= 15 is 0 Å². The zero-order valence-corrected chi connectivity index (χ0v) is 8.51. The number of hydrogen-bond acceptors (Lipinski definition) is 5. The molecule has 16 heavy (non-hydrogen) atoms. The summed E-state index contributed by atoms with van der Waals surface area (Å²) in [6.45, 7) is 0. The molecule has 1 amide bonds. The lowest BCUT2D eigenvalue weighted by Crippen LogP contribution is -2.40. The van der Waals surface area contributed by atoms with E-state index in [1.165, 1.54) is 22.9 Å². The zero-order chi connectivity index (χ0) is 12.2. The van der Waals surface area contributed by atoms with Crippen LogP contribution in [-0.4, -0.2) is 14.5 Å². The van der Waals surface area contributed by atoms with Crippen LogP contribution < -0.4 is 9.83 Å². The fourth-order valence-corrected chi connectivity index (χ4v) is 1.95. The van der Waals surface area contributed by atoms with E-state index in [9.17, 15) is 18.3 Å². The van der Waals surface area contributed by atoms with Gasteiger partial charge in [-0.15, -0.1) is 0 Å². The first-order valence-electron chi connectivity index (χ1n) is 3.85. The predicted octanol–water partition coefficient (Wildman–Crippen LogP) is 0.250. The van der Waals surface area contributed by atoms with Crippen LogP contribution in [0.2, 0.25) is 0 Å². The molecule has 9 heteroatoms. The molecule has 0 fully saturated rings. The fourth-order valence-electron chi connectivity index (χ4n) is 0.980. The highest BCUT2D eigenvalue weighted by atomic mass is 32.2. The van der Waals surface area contributed by atoms with E-state index in [1.54, 1.807) is 0 Å². The summed E-state index contributed by atoms with van der Waals surface area (Å²) in [5.41, 5.74) is 8.01. The Balaban J connectivity index is 3.32. The average molecular weight is 241 g/mol. The minimum Gasteiger partial charge on any atom is -0.529 e. The first kappa shape index (κ1) is 11.8. The number of sulfonamides is 1. The van der Waals surface area contributed by atoms with Crippen molar-refractivity contribution < 1.29 is 18.3 Å². The second-order valence-corrected chi connectivity index (χ2v) is 4.20. The molecule has 0 unspecified atom stereocenters. The lowest BCUT2D eigenvalue weighted by molar-refractivity contribution is -0.247. The number of amides is 1. The maximum atomic E-state index is 11.4. The summed E-state index contributed by atoms with van der Waals surface area (Å²) in [5.74, 6) is 0. The largest absolute Gasteiger partial charge is 0.529 e. The number of carboxylic acid groups (broad SMARTS) is 1. The van der Waals surface area contributed by atoms with Gasteiger partial charge in [-0.2, -0.15) is 0 Å². The Labute approximate surface area is 90.2 Å². The number of carbonyl (C=O) groups excluding carboxylic acids is 1. The number of benzene rings is 1. The topological polar surface area (TPSA) is 135 Å². The van der Waals surface area contributed by atoms with Gasteiger partial charge in [0.2, 0.25) is 0 Å². The van der Waals surface area contributed by atoms with Gasteiger partial charge in [-0.25, -0.2) is 8.42 Å². The van der Waals surface area contributed by atoms with E-state index < -0.39 is 21.0 Å². The van der Waals surface area contributed by atoms with Gasteiger partial charge in [-0.3, -0.25) is 4.72 Å². The van der Waals surface area contributed by atoms with Gasteiger partial charge in [0.05, 0.1) is 10.6 Å². The summed E-state index contributed by atoms with van der Waals surface area (Å²) in [5, 5.41) is 13.3. The average Bonchev–Trinajstić information content (AvgIpc) is 2.17. The van der Waals surface area contributed by atoms with Crippen LogP contribution >= 0.6 is 0 Å². The van der Waals surface area contributed by atoms with Gasteiger partial charge in [0, 0.05) is 4.91 Å². The number of rotatable bonds is 3. The molecule has 0 radical (unpaired) electrons. The monoisotopic (exact) mass is 241 g/mol. The molecule has 0 spiro atoms. The third kappa shape index (κ3) is 2.62. The van der Waals surface area contributed by atoms with Crippen molar-refractivity contribution in [2.45, 2.75) is 4.90 Å². The van der Waals surface area contributed by atoms with Gasteiger partial charge in [0.15, 0.2) is 0 Å². The predicted molar refractivity (Wildman–Crippen MR) is 51.0 cm³/mol. The third-order valence-electron chi connectivity index (χ3n) is 1.52. The van der Waals surface area contributed by atoms with Gasteiger partial charge in [-0.05, 0) is 11.6 Å². The normalized spacial score (nSPS) is 10.2. The maximum absolute atomic E-state index is 11.4. The van der Waals surface area contributed by atoms with Crippen LogP contribution in [-0.2, 0) is 10.0 Å². The molecule has 1 rings (SSSR count). The van der Waals surface area contributed by atoms with E-state index in [2.05, 4.69) is 10.0 Å². The van der Waals surface area contributed by atoms with Gasteiger partial charge in [0.25, 0.3) is 10.0 Å². The summed E-state index contributed by atoms with van der Waals surface area (Å²) in [4.78, 5) is 12.1. The van der Waals surface area contributed by atoms with Crippen LogP contribution in [0.3, 0.4) is 0 Å². The van der Waals surface area contributed by atoms with Gasteiger partial charge in [-0.1, -0.05) is 23.3 Å². The Morgan fingerprint density at radius 2 is 2.06 bits per heavy atom. The molecule has 0 aromatic heterocycles. The van der Waals surface area contributed by atoms with Gasteiger partial charge in [0.1, 0.15) is 6.09 Å². The summed E-state index contributed by atoms with van der Waals surface area (Å²) in [6.07, 6.45) is -1.96. The highest BCUT2D eigenvalue weighted by molar-refractivity contribution is 7.90. The van der Waals surface area contributed by atoms with E-state index in [-0.39, 0.29) is 5.69 Å². The molecule has 0 saturated heterocycles. The van der Waals surface area contributed by atoms with Crippen molar-refractivity contribution >= 4 is 21.8 Å². The smallest absolute Gasteiger partial charge is 0.263 e. The maximum Gasteiger partial charge on any atom is 0.263 e. The van der Waals surface area contributed by atoms with Crippen LogP contribution in [0.15, 0.2) is 34.3 Å². The molecule has 0 aliphatic rings. The van der Waals surface area contributed by atoms with Crippen LogP contribution in [0.5, 0.6) is 0 Å². The quantitative estimate of drug-likeness (QED) is 0.460. The van der Waals surface area contributed by atoms with Crippen LogP contribution in [0.25, 0.3) is 10.4 Å². The minimum absolute atomic E-state index is 0.196. The van der Waals surface area contributed by atoms with Crippen molar-refractivity contribution in [3.8, 4) is 0 Å². The van der Waals surface area contributed by atoms with Crippen molar-refractivity contribution in [1.29, 1.82) is 0 Å². The molecule has 1 N–H and O–H groups in total. The fraction of sp³-hybridized carbons (Fsp3) is 0.